The first-order chi connectivity index (χ1) is 5.29. The molecule has 0 amide bonds. The minimum absolute atomic E-state index is 0.366. The Labute approximate surface area is 56.4 Å². The number of hydrogen-bond donors (Lipinski definition) is 0. The summed E-state index contributed by atoms with van der Waals surface area (Å²) in [4.78, 5) is 0. The average Bonchev–Trinajstić information content (AvgIpc) is 2.30. The Morgan fingerprint density at radius 3 is 3.22 bits per heavy atom. The van der Waals surface area contributed by atoms with E-state index in [1.807, 2.05) is 18.2 Å². The first-order valence-corrected chi connectivity index (χ1v) is 2.82. The van der Waals surface area contributed by atoms with Gasteiger partial charge in [0.25, 0.3) is 0 Å². The molecule has 1 heteroatoms. The third-order valence-electron chi connectivity index (χ3n) is 1.28. The highest BCUT2D eigenvalue weighted by Crippen LogP contribution is 2.01. The molecule has 0 aliphatic rings. The second-order valence-electron chi connectivity index (χ2n) is 1.87. The van der Waals surface area contributed by atoms with E-state index in [9.17, 15) is 0 Å². The normalized spacial score (nSPS) is 13.3. The van der Waals surface area contributed by atoms with Crippen LogP contribution in [0.3, 0.4) is 0 Å². The number of nitrogens with zero attached hydrogens (tertiary/aromatic N) is 1. The van der Waals surface area contributed by atoms with Crippen LogP contribution in [0.25, 0.3) is 5.52 Å². The molecule has 2 aromatic heterocycles. The molecule has 44 valence electrons. The molecule has 0 fully saturated rings. The Kier molecular flexibility index (Phi) is 0.552. The summed E-state index contributed by atoms with van der Waals surface area (Å²) in [5.74, 6) is 0. The molecule has 0 atom stereocenters. The van der Waals surface area contributed by atoms with Gasteiger partial charge in [0.1, 0.15) is 0 Å². The quantitative estimate of drug-likeness (QED) is 0.499. The molecule has 0 aliphatic carbocycles. The van der Waals surface area contributed by atoms with Crippen molar-refractivity contribution in [2.45, 2.75) is 0 Å². The molecule has 1 nitrogen and oxygen atoms in total. The van der Waals surface area contributed by atoms with Gasteiger partial charge in [0.2, 0.25) is 0 Å². The molecule has 0 radical (unpaired) electrons. The van der Waals surface area contributed by atoms with Gasteiger partial charge in [0, 0.05) is 17.9 Å². The van der Waals surface area contributed by atoms with E-state index in [1.165, 1.54) is 6.07 Å². The fraction of sp³-hybridized carbons (Fsp3) is 0. The van der Waals surface area contributed by atoms with Crippen LogP contribution in [0.5, 0.6) is 0 Å². The van der Waals surface area contributed by atoms with Crippen LogP contribution >= 0.6 is 0 Å². The Balaban J connectivity index is 2.95. The summed E-state index contributed by atoms with van der Waals surface area (Å²) >= 11 is 0. The number of pyridine rings is 1. The van der Waals surface area contributed by atoms with Gasteiger partial charge in [-0.05, 0) is 24.2 Å². The fourth-order valence-electron chi connectivity index (χ4n) is 0.849. The Morgan fingerprint density at radius 2 is 2.33 bits per heavy atom. The fourth-order valence-corrected chi connectivity index (χ4v) is 0.849. The summed E-state index contributed by atoms with van der Waals surface area (Å²) < 4.78 is 16.6. The van der Waals surface area contributed by atoms with Gasteiger partial charge in [-0.25, -0.2) is 0 Å². The van der Waals surface area contributed by atoms with E-state index in [1.54, 1.807) is 10.6 Å². The predicted molar refractivity (Wildman–Crippen MR) is 37.4 cm³/mol. The average molecular weight is 119 g/mol. The minimum atomic E-state index is 0.366. The maximum Gasteiger partial charge on any atom is 0.0822 e. The second kappa shape index (κ2) is 1.62. The van der Waals surface area contributed by atoms with Crippen LogP contribution in [-0.4, -0.2) is 4.40 Å². The molecule has 0 bridgehead atoms. The number of fused-ring (bicyclic) bond motifs is 1. The van der Waals surface area contributed by atoms with Gasteiger partial charge in [-0.2, -0.15) is 0 Å². The van der Waals surface area contributed by atoms with E-state index in [2.05, 4.69) is 0 Å². The molecule has 2 heterocycles. The van der Waals surface area contributed by atoms with Gasteiger partial charge in [-0.1, -0.05) is 6.07 Å². The highest BCUT2D eigenvalue weighted by atomic mass is 14.8. The molecule has 2 rings (SSSR count). The van der Waals surface area contributed by atoms with Crippen LogP contribution < -0.4 is 0 Å². The zero-order valence-electron chi connectivity index (χ0n) is 6.83. The summed E-state index contributed by atoms with van der Waals surface area (Å²) in [5.41, 5.74) is 0.789. The van der Waals surface area contributed by atoms with Crippen molar-refractivity contribution in [2.75, 3.05) is 0 Å². The molecular weight excluding hydrogens is 110 g/mol. The molecule has 0 saturated carbocycles. The summed E-state index contributed by atoms with van der Waals surface area (Å²) in [6.07, 6.45) is 2.15. The number of aromatic nitrogens is 1. The van der Waals surface area contributed by atoms with E-state index < -0.39 is 0 Å². The molecule has 0 unspecified atom stereocenters. The van der Waals surface area contributed by atoms with Crippen molar-refractivity contribution >= 4 is 5.52 Å². The van der Waals surface area contributed by atoms with Crippen molar-refractivity contribution in [1.82, 2.24) is 4.40 Å². The van der Waals surface area contributed by atoms with Gasteiger partial charge in [0.05, 0.1) is 2.74 Å². The molecule has 0 N–H and O–H groups in total. The van der Waals surface area contributed by atoms with Gasteiger partial charge >= 0.3 is 0 Å². The third-order valence-corrected chi connectivity index (χ3v) is 1.28. The maximum atomic E-state index is 7.44. The second-order valence-corrected chi connectivity index (χ2v) is 1.87. The van der Waals surface area contributed by atoms with E-state index >= 15 is 0 Å². The van der Waals surface area contributed by atoms with Crippen LogP contribution in [0.2, 0.25) is 0 Å². The minimum Gasteiger partial charge on any atom is -0.324 e. The predicted octanol–water partition coefficient (Wildman–Crippen LogP) is 1.94. The van der Waals surface area contributed by atoms with Crippen LogP contribution in [0.1, 0.15) is 2.74 Å². The van der Waals surface area contributed by atoms with Crippen LogP contribution in [-0.2, 0) is 0 Å². The summed E-state index contributed by atoms with van der Waals surface area (Å²) in [7, 11) is 0. The molecule has 0 aliphatic heterocycles. The largest absolute Gasteiger partial charge is 0.324 e. The molecule has 0 spiro atoms. The smallest absolute Gasteiger partial charge is 0.0822 e. The maximum absolute atomic E-state index is 7.44. The first-order valence-electron chi connectivity index (χ1n) is 3.82. The molecule has 2 aromatic rings. The Bertz CT molecular complexity index is 356. The third kappa shape index (κ3) is 0.617. The Hall–Kier alpha value is -1.24. The lowest BCUT2D eigenvalue weighted by molar-refractivity contribution is 1.20. The highest BCUT2D eigenvalue weighted by Gasteiger charge is 1.83. The van der Waals surface area contributed by atoms with Crippen LogP contribution in [0, 0.1) is 0 Å². The molecule has 0 saturated heterocycles. The summed E-state index contributed by atoms with van der Waals surface area (Å²) in [6, 6.07) is 7.50. The summed E-state index contributed by atoms with van der Waals surface area (Å²) in [5, 5.41) is 0. The van der Waals surface area contributed by atoms with E-state index in [-0.39, 0.29) is 0 Å². The van der Waals surface area contributed by atoms with Crippen molar-refractivity contribution in [3.05, 3.63) is 42.7 Å². The standard InChI is InChI=1S/C8H7N/c1-2-6-9-7-3-5-8(9)4-1/h1-7H/i5D,7D. The first kappa shape index (κ1) is 3.06. The topological polar surface area (TPSA) is 4.41 Å². The van der Waals surface area contributed by atoms with Gasteiger partial charge in [0.15, 0.2) is 0 Å². The van der Waals surface area contributed by atoms with Gasteiger partial charge in [-0.3, -0.25) is 0 Å². The SMILES string of the molecule is [2H]c1cc([2H])n2ccccc12. The van der Waals surface area contributed by atoms with Crippen molar-refractivity contribution in [1.29, 1.82) is 0 Å². The van der Waals surface area contributed by atoms with Crippen molar-refractivity contribution < 1.29 is 2.74 Å². The lowest BCUT2D eigenvalue weighted by atomic mass is 10.4. The number of rotatable bonds is 0. The van der Waals surface area contributed by atoms with Crippen LogP contribution in [0.4, 0.5) is 0 Å². The molecule has 9 heavy (non-hydrogen) atoms. The van der Waals surface area contributed by atoms with Crippen molar-refractivity contribution in [3.8, 4) is 0 Å². The highest BCUT2D eigenvalue weighted by molar-refractivity contribution is 5.46. The van der Waals surface area contributed by atoms with Gasteiger partial charge in [-0.15, -0.1) is 0 Å². The monoisotopic (exact) mass is 119 g/mol. The van der Waals surface area contributed by atoms with Crippen molar-refractivity contribution in [2.24, 2.45) is 0 Å². The zero-order valence-corrected chi connectivity index (χ0v) is 4.83. The van der Waals surface area contributed by atoms with Crippen LogP contribution in [0.15, 0.2) is 42.7 Å². The number of hydrogen-bond acceptors (Lipinski definition) is 0. The molecular formula is C8H7N. The van der Waals surface area contributed by atoms with E-state index in [4.69, 9.17) is 2.74 Å². The van der Waals surface area contributed by atoms with E-state index in [0.717, 1.165) is 5.52 Å². The summed E-state index contributed by atoms with van der Waals surface area (Å²) in [6.45, 7) is 0. The van der Waals surface area contributed by atoms with E-state index in [0.29, 0.717) is 12.2 Å². The lowest BCUT2D eigenvalue weighted by Crippen LogP contribution is -1.75. The lowest BCUT2D eigenvalue weighted by Gasteiger charge is -1.88. The van der Waals surface area contributed by atoms with Crippen molar-refractivity contribution in [3.63, 3.8) is 0 Å². The van der Waals surface area contributed by atoms with Gasteiger partial charge < -0.3 is 4.40 Å². The molecule has 0 aromatic carbocycles. The Morgan fingerprint density at radius 1 is 1.33 bits per heavy atom. The zero-order chi connectivity index (χ0) is 7.84.